The smallest absolute Gasteiger partial charge is 0.260 e. The lowest BCUT2D eigenvalue weighted by atomic mass is 10.3. The Morgan fingerprint density at radius 2 is 2.05 bits per heavy atom. The minimum Gasteiger partial charge on any atom is -0.484 e. The van der Waals surface area contributed by atoms with Crippen LogP contribution in [0.1, 0.15) is 6.42 Å². The van der Waals surface area contributed by atoms with Gasteiger partial charge in [0.2, 0.25) is 0 Å². The fourth-order valence-electron chi connectivity index (χ4n) is 1.90. The minimum absolute atomic E-state index is 0. The maximum absolute atomic E-state index is 12.0. The highest BCUT2D eigenvalue weighted by Crippen LogP contribution is 2.26. The summed E-state index contributed by atoms with van der Waals surface area (Å²) in [6.07, 6.45) is 0.971. The first-order chi connectivity index (χ1) is 9.16. The number of rotatable bonds is 3. The third-order valence-corrected chi connectivity index (χ3v) is 3.69. The lowest BCUT2D eigenvalue weighted by molar-refractivity contribution is -0.133. The normalized spacial score (nSPS) is 15.2. The van der Waals surface area contributed by atoms with Gasteiger partial charge in [0.1, 0.15) is 5.75 Å². The van der Waals surface area contributed by atoms with Crippen molar-refractivity contribution in [1.82, 2.24) is 10.2 Å². The highest BCUT2D eigenvalue weighted by atomic mass is 35.5. The van der Waals surface area contributed by atoms with Crippen molar-refractivity contribution in [2.75, 3.05) is 32.8 Å². The summed E-state index contributed by atoms with van der Waals surface area (Å²) in [7, 11) is 0. The third kappa shape index (κ3) is 5.02. The van der Waals surface area contributed by atoms with E-state index in [0.29, 0.717) is 15.8 Å². The number of hydrogen-bond acceptors (Lipinski definition) is 3. The summed E-state index contributed by atoms with van der Waals surface area (Å²) in [4.78, 5) is 13.8. The fraction of sp³-hybridized carbons (Fsp3) is 0.462. The van der Waals surface area contributed by atoms with E-state index in [0.717, 1.165) is 32.6 Å². The fourth-order valence-corrected chi connectivity index (χ4v) is 2.19. The van der Waals surface area contributed by atoms with Crippen molar-refractivity contribution >= 4 is 41.5 Å². The van der Waals surface area contributed by atoms with E-state index in [1.165, 1.54) is 0 Å². The Hall–Kier alpha value is -0.680. The van der Waals surface area contributed by atoms with E-state index in [1.54, 1.807) is 18.2 Å². The maximum Gasteiger partial charge on any atom is 0.260 e. The van der Waals surface area contributed by atoms with Crippen LogP contribution in [0.2, 0.25) is 10.0 Å². The van der Waals surface area contributed by atoms with Crippen LogP contribution in [0.25, 0.3) is 0 Å². The summed E-state index contributed by atoms with van der Waals surface area (Å²) in [5.41, 5.74) is 0. The number of nitrogens with zero attached hydrogens (tertiary/aromatic N) is 1. The standard InChI is InChI=1S/C13H16Cl2N2O2.ClH/c14-11-3-2-10(8-12(11)15)19-9-13(18)17-6-1-4-16-5-7-17;/h2-3,8,16H,1,4-7,9H2;1H. The van der Waals surface area contributed by atoms with Crippen LogP contribution in [-0.2, 0) is 4.79 Å². The van der Waals surface area contributed by atoms with Crippen LogP contribution in [0.15, 0.2) is 18.2 Å². The number of nitrogens with one attached hydrogen (secondary N) is 1. The van der Waals surface area contributed by atoms with E-state index in [1.807, 2.05) is 4.90 Å². The van der Waals surface area contributed by atoms with E-state index < -0.39 is 0 Å². The molecule has 0 spiro atoms. The van der Waals surface area contributed by atoms with Crippen LogP contribution in [0.3, 0.4) is 0 Å². The number of ether oxygens (including phenoxy) is 1. The zero-order valence-corrected chi connectivity index (χ0v) is 13.2. The summed E-state index contributed by atoms with van der Waals surface area (Å²) in [6.45, 7) is 3.31. The molecule has 1 aliphatic heterocycles. The summed E-state index contributed by atoms with van der Waals surface area (Å²) in [5, 5.41) is 4.15. The van der Waals surface area contributed by atoms with Gasteiger partial charge in [-0.25, -0.2) is 0 Å². The molecule has 0 atom stereocenters. The predicted octanol–water partition coefficient (Wildman–Crippen LogP) is 2.62. The van der Waals surface area contributed by atoms with E-state index in [9.17, 15) is 4.79 Å². The molecule has 2 rings (SSSR count). The van der Waals surface area contributed by atoms with Gasteiger partial charge in [-0.15, -0.1) is 12.4 Å². The van der Waals surface area contributed by atoms with Crippen molar-refractivity contribution < 1.29 is 9.53 Å². The Bertz CT molecular complexity index is 449. The van der Waals surface area contributed by atoms with Crippen molar-refractivity contribution in [2.24, 2.45) is 0 Å². The topological polar surface area (TPSA) is 41.6 Å². The number of halogens is 3. The molecule has 1 heterocycles. The zero-order valence-electron chi connectivity index (χ0n) is 10.9. The minimum atomic E-state index is -0.00484. The molecule has 1 N–H and O–H groups in total. The average Bonchev–Trinajstić information content (AvgIpc) is 2.69. The second kappa shape index (κ2) is 8.57. The van der Waals surface area contributed by atoms with Gasteiger partial charge in [-0.1, -0.05) is 23.2 Å². The van der Waals surface area contributed by atoms with Crippen LogP contribution in [0.4, 0.5) is 0 Å². The average molecular weight is 340 g/mol. The molecule has 0 unspecified atom stereocenters. The SMILES string of the molecule is Cl.O=C(COc1ccc(Cl)c(Cl)c1)N1CCCNCC1. The van der Waals surface area contributed by atoms with Gasteiger partial charge in [-0.2, -0.15) is 0 Å². The molecule has 1 aromatic carbocycles. The predicted molar refractivity (Wildman–Crippen MR) is 83.3 cm³/mol. The van der Waals surface area contributed by atoms with Gasteiger partial charge in [0.25, 0.3) is 5.91 Å². The first-order valence-corrected chi connectivity index (χ1v) is 6.99. The number of benzene rings is 1. The Morgan fingerprint density at radius 3 is 2.80 bits per heavy atom. The van der Waals surface area contributed by atoms with Crippen LogP contribution in [-0.4, -0.2) is 43.6 Å². The molecule has 7 heteroatoms. The van der Waals surface area contributed by atoms with Crippen molar-refractivity contribution in [2.45, 2.75) is 6.42 Å². The van der Waals surface area contributed by atoms with Crippen molar-refractivity contribution in [3.8, 4) is 5.75 Å². The Labute approximate surface area is 134 Å². The summed E-state index contributed by atoms with van der Waals surface area (Å²) < 4.78 is 5.44. The van der Waals surface area contributed by atoms with E-state index in [-0.39, 0.29) is 24.9 Å². The lowest BCUT2D eigenvalue weighted by Crippen LogP contribution is -2.37. The third-order valence-electron chi connectivity index (χ3n) is 2.95. The van der Waals surface area contributed by atoms with Crippen molar-refractivity contribution in [3.05, 3.63) is 28.2 Å². The molecule has 0 saturated carbocycles. The highest BCUT2D eigenvalue weighted by molar-refractivity contribution is 6.42. The molecule has 0 aliphatic carbocycles. The monoisotopic (exact) mass is 338 g/mol. The van der Waals surface area contributed by atoms with Gasteiger partial charge in [-0.3, -0.25) is 4.79 Å². The van der Waals surface area contributed by atoms with Gasteiger partial charge in [0.05, 0.1) is 10.0 Å². The molecule has 112 valence electrons. The second-order valence-electron chi connectivity index (χ2n) is 4.35. The first kappa shape index (κ1) is 17.4. The van der Waals surface area contributed by atoms with Crippen LogP contribution in [0.5, 0.6) is 5.75 Å². The highest BCUT2D eigenvalue weighted by Gasteiger charge is 2.15. The van der Waals surface area contributed by atoms with Gasteiger partial charge in [0.15, 0.2) is 6.61 Å². The molecule has 1 fully saturated rings. The maximum atomic E-state index is 12.0. The molecule has 1 aliphatic rings. The zero-order chi connectivity index (χ0) is 13.7. The molecule has 0 bridgehead atoms. The Balaban J connectivity index is 0.00000200. The molecule has 4 nitrogen and oxygen atoms in total. The summed E-state index contributed by atoms with van der Waals surface area (Å²) in [6, 6.07) is 4.96. The number of carbonyl (C=O) groups excluding carboxylic acids is 1. The van der Waals surface area contributed by atoms with Crippen molar-refractivity contribution in [3.63, 3.8) is 0 Å². The summed E-state index contributed by atoms with van der Waals surface area (Å²) >= 11 is 11.7. The molecule has 1 saturated heterocycles. The quantitative estimate of drug-likeness (QED) is 0.920. The van der Waals surface area contributed by atoms with Crippen LogP contribution >= 0.6 is 35.6 Å². The first-order valence-electron chi connectivity index (χ1n) is 6.23. The van der Waals surface area contributed by atoms with Gasteiger partial charge < -0.3 is 15.0 Å². The van der Waals surface area contributed by atoms with E-state index in [4.69, 9.17) is 27.9 Å². The molecule has 20 heavy (non-hydrogen) atoms. The second-order valence-corrected chi connectivity index (χ2v) is 5.16. The Morgan fingerprint density at radius 1 is 1.25 bits per heavy atom. The number of carbonyl (C=O) groups is 1. The van der Waals surface area contributed by atoms with Gasteiger partial charge in [-0.05, 0) is 25.1 Å². The van der Waals surface area contributed by atoms with Gasteiger partial charge >= 0.3 is 0 Å². The summed E-state index contributed by atoms with van der Waals surface area (Å²) in [5.74, 6) is 0.547. The molecular weight excluding hydrogens is 323 g/mol. The lowest BCUT2D eigenvalue weighted by Gasteiger charge is -2.20. The molecule has 1 aromatic rings. The van der Waals surface area contributed by atoms with E-state index in [2.05, 4.69) is 5.32 Å². The van der Waals surface area contributed by atoms with Gasteiger partial charge in [0, 0.05) is 25.7 Å². The molecular formula is C13H17Cl3N2O2. The molecule has 0 radical (unpaired) electrons. The van der Waals surface area contributed by atoms with Crippen molar-refractivity contribution in [1.29, 1.82) is 0 Å². The van der Waals surface area contributed by atoms with E-state index >= 15 is 0 Å². The number of hydrogen-bond donors (Lipinski definition) is 1. The number of amides is 1. The Kier molecular flexibility index (Phi) is 7.45. The molecule has 0 aromatic heterocycles. The van der Waals surface area contributed by atoms with Crippen LogP contribution in [0, 0.1) is 0 Å². The van der Waals surface area contributed by atoms with Crippen LogP contribution < -0.4 is 10.1 Å². The molecule has 1 amide bonds. The largest absolute Gasteiger partial charge is 0.484 e.